The molecule has 1 aromatic rings. The maximum Gasteiger partial charge on any atom is 0.117 e. The summed E-state index contributed by atoms with van der Waals surface area (Å²) < 4.78 is 0.742. The van der Waals surface area contributed by atoms with Gasteiger partial charge in [-0.15, -0.1) is 11.3 Å². The molecule has 0 spiro atoms. The van der Waals surface area contributed by atoms with Gasteiger partial charge >= 0.3 is 0 Å². The number of halogens is 2. The second-order valence-electron chi connectivity index (χ2n) is 2.29. The molecule has 0 fully saturated rings. The second-order valence-corrected chi connectivity index (χ2v) is 4.55. The standard InChI is InChI=1S/C8H9BrClNS/c1-2-6(4-9)3-8-11-5-7(10)12-8/h3,5H,2,4H2,1H3/b6-3-. The summed E-state index contributed by atoms with van der Waals surface area (Å²) in [7, 11) is 0. The number of thiazole rings is 1. The van der Waals surface area contributed by atoms with Gasteiger partial charge in [0.2, 0.25) is 0 Å². The number of hydrogen-bond acceptors (Lipinski definition) is 2. The molecule has 0 saturated carbocycles. The smallest absolute Gasteiger partial charge is 0.117 e. The summed E-state index contributed by atoms with van der Waals surface area (Å²) in [6.45, 7) is 2.13. The van der Waals surface area contributed by atoms with Crippen LogP contribution in [0.1, 0.15) is 18.4 Å². The van der Waals surface area contributed by atoms with Gasteiger partial charge in [0.15, 0.2) is 0 Å². The third-order valence-electron chi connectivity index (χ3n) is 1.45. The lowest BCUT2D eigenvalue weighted by molar-refractivity contribution is 1.12. The normalized spacial score (nSPS) is 12.1. The minimum absolute atomic E-state index is 0.742. The van der Waals surface area contributed by atoms with Gasteiger partial charge in [-0.25, -0.2) is 4.98 Å². The second kappa shape index (κ2) is 5.00. The molecule has 1 rings (SSSR count). The highest BCUT2D eigenvalue weighted by Crippen LogP contribution is 2.21. The van der Waals surface area contributed by atoms with Crippen molar-refractivity contribution >= 4 is 44.9 Å². The lowest BCUT2D eigenvalue weighted by Crippen LogP contribution is -1.80. The van der Waals surface area contributed by atoms with Crippen molar-refractivity contribution in [1.29, 1.82) is 0 Å². The zero-order chi connectivity index (χ0) is 8.97. The fourth-order valence-corrected chi connectivity index (χ4v) is 2.22. The largest absolute Gasteiger partial charge is 0.244 e. The summed E-state index contributed by atoms with van der Waals surface area (Å²) in [4.78, 5) is 4.14. The molecule has 1 aromatic heterocycles. The Morgan fingerprint density at radius 2 is 2.58 bits per heavy atom. The van der Waals surface area contributed by atoms with E-state index in [0.717, 1.165) is 21.1 Å². The van der Waals surface area contributed by atoms with E-state index in [4.69, 9.17) is 11.6 Å². The molecule has 0 bridgehead atoms. The van der Waals surface area contributed by atoms with Gasteiger partial charge in [0, 0.05) is 5.33 Å². The van der Waals surface area contributed by atoms with Crippen LogP contribution in [0.15, 0.2) is 11.8 Å². The first kappa shape index (κ1) is 10.2. The molecule has 1 heterocycles. The Morgan fingerprint density at radius 1 is 1.83 bits per heavy atom. The summed E-state index contributed by atoms with van der Waals surface area (Å²) in [6.07, 6.45) is 4.80. The van der Waals surface area contributed by atoms with Gasteiger partial charge in [-0.2, -0.15) is 0 Å². The molecule has 0 aliphatic carbocycles. The summed E-state index contributed by atoms with van der Waals surface area (Å²) in [5, 5.41) is 1.89. The minimum atomic E-state index is 0.742. The van der Waals surface area contributed by atoms with Crippen LogP contribution in [0.4, 0.5) is 0 Å². The molecular weight excluding hydrogens is 258 g/mol. The molecule has 0 unspecified atom stereocenters. The van der Waals surface area contributed by atoms with E-state index in [2.05, 4.69) is 33.9 Å². The minimum Gasteiger partial charge on any atom is -0.244 e. The summed E-state index contributed by atoms with van der Waals surface area (Å²) in [5.74, 6) is 0. The highest BCUT2D eigenvalue weighted by molar-refractivity contribution is 9.09. The Kier molecular flexibility index (Phi) is 4.26. The summed E-state index contributed by atoms with van der Waals surface area (Å²) in [5.41, 5.74) is 1.33. The van der Waals surface area contributed by atoms with E-state index >= 15 is 0 Å². The average molecular weight is 267 g/mol. The van der Waals surface area contributed by atoms with Crippen LogP contribution < -0.4 is 0 Å². The van der Waals surface area contributed by atoms with E-state index in [1.54, 1.807) is 6.20 Å². The molecule has 0 amide bonds. The SMILES string of the molecule is CC/C(=C/c1ncc(Cl)s1)CBr. The van der Waals surface area contributed by atoms with Gasteiger partial charge in [0.25, 0.3) is 0 Å². The van der Waals surface area contributed by atoms with Gasteiger partial charge in [-0.1, -0.05) is 40.0 Å². The predicted octanol–water partition coefficient (Wildman–Crippen LogP) is 3.98. The number of hydrogen-bond donors (Lipinski definition) is 0. The van der Waals surface area contributed by atoms with Crippen molar-refractivity contribution in [3.63, 3.8) is 0 Å². The van der Waals surface area contributed by atoms with Gasteiger partial charge in [-0.05, 0) is 12.5 Å². The monoisotopic (exact) mass is 265 g/mol. The van der Waals surface area contributed by atoms with Crippen molar-refractivity contribution in [2.24, 2.45) is 0 Å². The van der Waals surface area contributed by atoms with Gasteiger partial charge in [0.1, 0.15) is 9.34 Å². The van der Waals surface area contributed by atoms with Crippen LogP contribution in [0.25, 0.3) is 6.08 Å². The Balaban J connectivity index is 2.78. The Morgan fingerprint density at radius 3 is 3.00 bits per heavy atom. The lowest BCUT2D eigenvalue weighted by Gasteiger charge is -1.94. The first-order valence-corrected chi connectivity index (χ1v) is 5.94. The third kappa shape index (κ3) is 2.88. The molecule has 0 aliphatic rings. The summed E-state index contributed by atoms with van der Waals surface area (Å²) in [6, 6.07) is 0. The Bertz CT molecular complexity index is 276. The first-order valence-electron chi connectivity index (χ1n) is 3.63. The predicted molar refractivity (Wildman–Crippen MR) is 59.2 cm³/mol. The van der Waals surface area contributed by atoms with Gasteiger partial charge in [-0.3, -0.25) is 0 Å². The maximum atomic E-state index is 5.75. The van der Waals surface area contributed by atoms with E-state index in [0.29, 0.717) is 0 Å². The molecule has 0 radical (unpaired) electrons. The summed E-state index contributed by atoms with van der Waals surface area (Å²) >= 11 is 10.7. The van der Waals surface area contributed by atoms with E-state index < -0.39 is 0 Å². The van der Waals surface area contributed by atoms with E-state index in [-0.39, 0.29) is 0 Å². The highest BCUT2D eigenvalue weighted by Gasteiger charge is 1.97. The van der Waals surface area contributed by atoms with Crippen LogP contribution in [0.2, 0.25) is 4.34 Å². The highest BCUT2D eigenvalue weighted by atomic mass is 79.9. The van der Waals surface area contributed by atoms with E-state index in [1.807, 2.05) is 0 Å². The lowest BCUT2D eigenvalue weighted by atomic mass is 10.2. The van der Waals surface area contributed by atoms with Crippen molar-refractivity contribution in [2.45, 2.75) is 13.3 Å². The maximum absolute atomic E-state index is 5.75. The quantitative estimate of drug-likeness (QED) is 0.754. The van der Waals surface area contributed by atoms with Crippen LogP contribution >= 0.6 is 38.9 Å². The molecule has 0 aromatic carbocycles. The third-order valence-corrected chi connectivity index (χ3v) is 3.23. The molecule has 0 aliphatic heterocycles. The number of rotatable bonds is 3. The fourth-order valence-electron chi connectivity index (χ4n) is 0.743. The zero-order valence-corrected chi connectivity index (χ0v) is 9.84. The zero-order valence-electron chi connectivity index (χ0n) is 6.68. The average Bonchev–Trinajstić information content (AvgIpc) is 2.47. The fraction of sp³-hybridized carbons (Fsp3) is 0.375. The molecule has 0 saturated heterocycles. The first-order chi connectivity index (χ1) is 5.76. The van der Waals surface area contributed by atoms with Gasteiger partial charge in [0.05, 0.1) is 6.20 Å². The van der Waals surface area contributed by atoms with Gasteiger partial charge < -0.3 is 0 Å². The molecule has 0 atom stereocenters. The van der Waals surface area contributed by atoms with Crippen molar-refractivity contribution in [2.75, 3.05) is 5.33 Å². The van der Waals surface area contributed by atoms with Crippen molar-refractivity contribution in [1.82, 2.24) is 4.98 Å². The molecule has 4 heteroatoms. The topological polar surface area (TPSA) is 12.9 Å². The van der Waals surface area contributed by atoms with Crippen LogP contribution in [0.5, 0.6) is 0 Å². The molecule has 66 valence electrons. The van der Waals surface area contributed by atoms with Crippen LogP contribution in [0, 0.1) is 0 Å². The molecule has 12 heavy (non-hydrogen) atoms. The van der Waals surface area contributed by atoms with Crippen LogP contribution in [-0.2, 0) is 0 Å². The van der Waals surface area contributed by atoms with Crippen molar-refractivity contribution < 1.29 is 0 Å². The Hall–Kier alpha value is 0.140. The number of alkyl halides is 1. The van der Waals surface area contributed by atoms with Crippen LogP contribution in [-0.4, -0.2) is 10.3 Å². The van der Waals surface area contributed by atoms with E-state index in [1.165, 1.54) is 16.9 Å². The van der Waals surface area contributed by atoms with E-state index in [9.17, 15) is 0 Å². The van der Waals surface area contributed by atoms with Crippen LogP contribution in [0.3, 0.4) is 0 Å². The number of nitrogens with zero attached hydrogens (tertiary/aromatic N) is 1. The number of aromatic nitrogens is 1. The van der Waals surface area contributed by atoms with Crippen molar-refractivity contribution in [3.8, 4) is 0 Å². The Labute approximate surface area is 89.6 Å². The molecule has 1 nitrogen and oxygen atoms in total. The molecular formula is C8H9BrClNS. The van der Waals surface area contributed by atoms with Crippen molar-refractivity contribution in [3.05, 3.63) is 21.1 Å². The number of allylic oxidation sites excluding steroid dienone is 1. The molecule has 0 N–H and O–H groups in total.